The number of anilines is 1. The molecule has 0 fully saturated rings. The van der Waals surface area contributed by atoms with E-state index in [1.807, 2.05) is 20.8 Å². The first-order valence-electron chi connectivity index (χ1n) is 6.59. The molecule has 1 N–H and O–H groups in total. The number of halogens is 2. The summed E-state index contributed by atoms with van der Waals surface area (Å²) in [7, 11) is 0. The average molecular weight is 332 g/mol. The van der Waals surface area contributed by atoms with Crippen LogP contribution in [0.2, 0.25) is 10.0 Å². The van der Waals surface area contributed by atoms with Gasteiger partial charge in [0.1, 0.15) is 5.92 Å². The fraction of sp³-hybridized carbons (Fsp3) is 0.467. The largest absolute Gasteiger partial charge is 0.465 e. The van der Waals surface area contributed by atoms with Crippen LogP contribution in [0.5, 0.6) is 0 Å². The molecule has 0 radical (unpaired) electrons. The normalized spacial score (nSPS) is 12.7. The summed E-state index contributed by atoms with van der Waals surface area (Å²) in [5.41, 5.74) is -0.0834. The molecular formula is C15H19Cl2NO3. The van der Waals surface area contributed by atoms with Crippen molar-refractivity contribution in [1.29, 1.82) is 0 Å². The number of carbonyl (C=O) groups is 2. The lowest BCUT2D eigenvalue weighted by Crippen LogP contribution is -2.40. The van der Waals surface area contributed by atoms with E-state index in [0.29, 0.717) is 15.7 Å². The Morgan fingerprint density at radius 3 is 2.33 bits per heavy atom. The lowest BCUT2D eigenvalue weighted by molar-refractivity contribution is -0.155. The molecule has 1 amide bonds. The number of ether oxygens (including phenoxy) is 1. The number of esters is 1. The van der Waals surface area contributed by atoms with E-state index < -0.39 is 23.2 Å². The van der Waals surface area contributed by atoms with Gasteiger partial charge in [-0.1, -0.05) is 44.0 Å². The summed E-state index contributed by atoms with van der Waals surface area (Å²) in [4.78, 5) is 24.4. The summed E-state index contributed by atoms with van der Waals surface area (Å²) >= 11 is 11.7. The van der Waals surface area contributed by atoms with Gasteiger partial charge in [0.25, 0.3) is 0 Å². The van der Waals surface area contributed by atoms with Crippen LogP contribution in [0.3, 0.4) is 0 Å². The molecule has 0 aliphatic heterocycles. The van der Waals surface area contributed by atoms with E-state index in [4.69, 9.17) is 27.9 Å². The van der Waals surface area contributed by atoms with E-state index in [1.54, 1.807) is 19.1 Å². The zero-order valence-electron chi connectivity index (χ0n) is 12.5. The van der Waals surface area contributed by atoms with Gasteiger partial charge >= 0.3 is 5.97 Å². The highest BCUT2D eigenvalue weighted by atomic mass is 35.5. The fourth-order valence-corrected chi connectivity index (χ4v) is 2.17. The molecule has 1 aromatic carbocycles. The molecule has 1 aromatic rings. The van der Waals surface area contributed by atoms with E-state index in [2.05, 4.69) is 5.32 Å². The Balaban J connectivity index is 2.96. The molecule has 0 saturated carbocycles. The lowest BCUT2D eigenvalue weighted by atomic mass is 9.80. The SMILES string of the molecule is CCOC(=O)C(C(=O)Nc1ccc(Cl)c(Cl)c1)C(C)(C)C. The molecule has 0 saturated heterocycles. The molecule has 0 aromatic heterocycles. The minimum atomic E-state index is -0.910. The molecular weight excluding hydrogens is 313 g/mol. The molecule has 116 valence electrons. The van der Waals surface area contributed by atoms with Gasteiger partial charge in [0.05, 0.1) is 16.7 Å². The van der Waals surface area contributed by atoms with Gasteiger partial charge in [-0.25, -0.2) is 0 Å². The molecule has 4 nitrogen and oxygen atoms in total. The fourth-order valence-electron chi connectivity index (χ4n) is 1.87. The Morgan fingerprint density at radius 2 is 1.86 bits per heavy atom. The maximum Gasteiger partial charge on any atom is 0.319 e. The molecule has 0 aliphatic carbocycles. The van der Waals surface area contributed by atoms with Crippen LogP contribution >= 0.6 is 23.2 Å². The number of nitrogens with one attached hydrogen (secondary N) is 1. The van der Waals surface area contributed by atoms with Gasteiger partial charge in [-0.2, -0.15) is 0 Å². The van der Waals surface area contributed by atoms with Crippen molar-refractivity contribution in [2.45, 2.75) is 27.7 Å². The molecule has 6 heteroatoms. The molecule has 1 atom stereocenters. The summed E-state index contributed by atoms with van der Waals surface area (Å²) in [6.45, 7) is 7.36. The van der Waals surface area contributed by atoms with E-state index in [-0.39, 0.29) is 6.61 Å². The average Bonchev–Trinajstić information content (AvgIpc) is 2.32. The van der Waals surface area contributed by atoms with E-state index in [9.17, 15) is 9.59 Å². The maximum absolute atomic E-state index is 12.4. The molecule has 21 heavy (non-hydrogen) atoms. The van der Waals surface area contributed by atoms with Gasteiger partial charge < -0.3 is 10.1 Å². The summed E-state index contributed by atoms with van der Waals surface area (Å²) in [6, 6.07) is 4.74. The van der Waals surface area contributed by atoms with Crippen molar-refractivity contribution >= 4 is 40.8 Å². The second-order valence-corrected chi connectivity index (χ2v) is 6.48. The van der Waals surface area contributed by atoms with Crippen molar-refractivity contribution in [3.63, 3.8) is 0 Å². The number of hydrogen-bond acceptors (Lipinski definition) is 3. The Bertz CT molecular complexity index is 538. The van der Waals surface area contributed by atoms with Crippen molar-refractivity contribution in [2.75, 3.05) is 11.9 Å². The highest BCUT2D eigenvalue weighted by Crippen LogP contribution is 2.30. The highest BCUT2D eigenvalue weighted by molar-refractivity contribution is 6.42. The van der Waals surface area contributed by atoms with E-state index >= 15 is 0 Å². The summed E-state index contributed by atoms with van der Waals surface area (Å²) in [5.74, 6) is -1.88. The summed E-state index contributed by atoms with van der Waals surface area (Å²) in [5, 5.41) is 3.40. The van der Waals surface area contributed by atoms with Crippen LogP contribution in [0.15, 0.2) is 18.2 Å². The number of rotatable bonds is 4. The van der Waals surface area contributed by atoms with Crippen molar-refractivity contribution in [2.24, 2.45) is 11.3 Å². The minimum absolute atomic E-state index is 0.228. The molecule has 0 spiro atoms. The van der Waals surface area contributed by atoms with Gasteiger partial charge in [0.15, 0.2) is 0 Å². The predicted molar refractivity (Wildman–Crippen MR) is 84.7 cm³/mol. The standard InChI is InChI=1S/C15H19Cl2NO3/c1-5-21-14(20)12(15(2,3)4)13(19)18-9-6-7-10(16)11(17)8-9/h6-8,12H,5H2,1-4H3,(H,18,19). The van der Waals surface area contributed by atoms with Crippen LogP contribution in [0.1, 0.15) is 27.7 Å². The number of carbonyl (C=O) groups excluding carboxylic acids is 2. The van der Waals surface area contributed by atoms with Crippen LogP contribution < -0.4 is 5.32 Å². The number of benzene rings is 1. The Hall–Kier alpha value is -1.26. The lowest BCUT2D eigenvalue weighted by Gasteiger charge is -2.27. The topological polar surface area (TPSA) is 55.4 Å². The van der Waals surface area contributed by atoms with Crippen LogP contribution in [0.25, 0.3) is 0 Å². The minimum Gasteiger partial charge on any atom is -0.465 e. The first-order valence-corrected chi connectivity index (χ1v) is 7.35. The third-order valence-electron chi connectivity index (χ3n) is 2.84. The molecule has 1 rings (SSSR count). The molecule has 1 unspecified atom stereocenters. The zero-order chi connectivity index (χ0) is 16.2. The third-order valence-corrected chi connectivity index (χ3v) is 3.58. The predicted octanol–water partition coefficient (Wildman–Crippen LogP) is 4.16. The van der Waals surface area contributed by atoms with Crippen molar-refractivity contribution in [1.82, 2.24) is 0 Å². The van der Waals surface area contributed by atoms with E-state index in [0.717, 1.165) is 0 Å². The third kappa shape index (κ3) is 4.90. The van der Waals surface area contributed by atoms with Gasteiger partial charge in [-0.15, -0.1) is 0 Å². The van der Waals surface area contributed by atoms with Crippen molar-refractivity contribution in [3.8, 4) is 0 Å². The van der Waals surface area contributed by atoms with Crippen LogP contribution in [-0.2, 0) is 14.3 Å². The van der Waals surface area contributed by atoms with Gasteiger partial charge in [0, 0.05) is 5.69 Å². The molecule has 0 aliphatic rings. The van der Waals surface area contributed by atoms with Gasteiger partial charge in [-0.3, -0.25) is 9.59 Å². The first-order chi connectivity index (χ1) is 9.66. The quantitative estimate of drug-likeness (QED) is 0.665. The van der Waals surface area contributed by atoms with Crippen molar-refractivity contribution in [3.05, 3.63) is 28.2 Å². The van der Waals surface area contributed by atoms with Crippen LogP contribution in [0, 0.1) is 11.3 Å². The molecule has 0 heterocycles. The highest BCUT2D eigenvalue weighted by Gasteiger charge is 2.38. The van der Waals surface area contributed by atoms with E-state index in [1.165, 1.54) is 6.07 Å². The maximum atomic E-state index is 12.4. The monoisotopic (exact) mass is 331 g/mol. The van der Waals surface area contributed by atoms with Crippen LogP contribution in [0.4, 0.5) is 5.69 Å². The Morgan fingerprint density at radius 1 is 1.24 bits per heavy atom. The van der Waals surface area contributed by atoms with Gasteiger partial charge in [0.2, 0.25) is 5.91 Å². The second kappa shape index (κ2) is 7.14. The van der Waals surface area contributed by atoms with Crippen molar-refractivity contribution < 1.29 is 14.3 Å². The summed E-state index contributed by atoms with van der Waals surface area (Å²) < 4.78 is 4.99. The second-order valence-electron chi connectivity index (χ2n) is 5.67. The van der Waals surface area contributed by atoms with Gasteiger partial charge in [-0.05, 0) is 30.5 Å². The smallest absolute Gasteiger partial charge is 0.319 e. The Labute approximate surface area is 134 Å². The number of amides is 1. The molecule has 0 bridgehead atoms. The van der Waals surface area contributed by atoms with Crippen LogP contribution in [-0.4, -0.2) is 18.5 Å². The summed E-state index contributed by atoms with van der Waals surface area (Å²) in [6.07, 6.45) is 0. The zero-order valence-corrected chi connectivity index (χ0v) is 14.0. The number of hydrogen-bond donors (Lipinski definition) is 1. The first kappa shape index (κ1) is 17.8. The Kier molecular flexibility index (Phi) is 6.05.